The molecule has 1 N–H and O–H groups in total. The minimum absolute atomic E-state index is 0.129. The van der Waals surface area contributed by atoms with Gasteiger partial charge in [0.2, 0.25) is 0 Å². The average Bonchev–Trinajstić information content (AvgIpc) is 2.26. The molecule has 0 aromatic rings. The fraction of sp³-hybridized carbons (Fsp3) is 0.909. The summed E-state index contributed by atoms with van der Waals surface area (Å²) in [6.45, 7) is 5.26. The predicted molar refractivity (Wildman–Crippen MR) is 60.2 cm³/mol. The molecule has 0 fully saturated rings. The van der Waals surface area contributed by atoms with Gasteiger partial charge in [-0.05, 0) is 26.8 Å². The van der Waals surface area contributed by atoms with Crippen LogP contribution in [0.3, 0.4) is 0 Å². The Morgan fingerprint density at radius 2 is 2.06 bits per heavy atom. The lowest BCUT2D eigenvalue weighted by Crippen LogP contribution is -2.54. The minimum Gasteiger partial charge on any atom is -0.465 e. The average molecular weight is 253 g/mol. The van der Waals surface area contributed by atoms with Crippen LogP contribution in [0.15, 0.2) is 0 Å². The number of halogens is 2. The van der Waals surface area contributed by atoms with Crippen molar-refractivity contribution in [2.24, 2.45) is 0 Å². The first kappa shape index (κ1) is 16.2. The number of alkyl halides is 2. The van der Waals surface area contributed by atoms with E-state index in [0.29, 0.717) is 6.54 Å². The van der Waals surface area contributed by atoms with Crippen LogP contribution in [0, 0.1) is 0 Å². The van der Waals surface area contributed by atoms with Crippen molar-refractivity contribution in [1.82, 2.24) is 5.32 Å². The van der Waals surface area contributed by atoms with Crippen molar-refractivity contribution >= 4 is 5.97 Å². The van der Waals surface area contributed by atoms with Crippen LogP contribution in [0.5, 0.6) is 0 Å². The Labute approximate surface area is 101 Å². The number of hydrogen-bond acceptors (Lipinski definition) is 4. The van der Waals surface area contributed by atoms with Crippen LogP contribution in [0.4, 0.5) is 8.78 Å². The van der Waals surface area contributed by atoms with Gasteiger partial charge in [-0.15, -0.1) is 0 Å². The van der Waals surface area contributed by atoms with E-state index in [1.54, 1.807) is 13.8 Å². The molecule has 0 heterocycles. The molecule has 1 atom stereocenters. The Balaban J connectivity index is 4.32. The summed E-state index contributed by atoms with van der Waals surface area (Å²) in [7, 11) is 0. The SMILES string of the molecule is CCCNC(C)(COCC(F)F)C(=O)OCC. The molecule has 0 amide bonds. The van der Waals surface area contributed by atoms with E-state index in [1.807, 2.05) is 6.92 Å². The zero-order valence-corrected chi connectivity index (χ0v) is 10.6. The molecule has 0 radical (unpaired) electrons. The normalized spacial score (nSPS) is 14.7. The van der Waals surface area contributed by atoms with Gasteiger partial charge in [0.1, 0.15) is 12.1 Å². The largest absolute Gasteiger partial charge is 0.465 e. The fourth-order valence-electron chi connectivity index (χ4n) is 1.23. The smallest absolute Gasteiger partial charge is 0.328 e. The van der Waals surface area contributed by atoms with E-state index in [-0.39, 0.29) is 13.2 Å². The van der Waals surface area contributed by atoms with E-state index in [9.17, 15) is 13.6 Å². The second-order valence-corrected chi connectivity index (χ2v) is 3.89. The van der Waals surface area contributed by atoms with E-state index < -0.39 is 24.5 Å². The van der Waals surface area contributed by atoms with Crippen LogP contribution in [0.2, 0.25) is 0 Å². The first-order valence-corrected chi connectivity index (χ1v) is 5.74. The third-order valence-electron chi connectivity index (χ3n) is 2.13. The van der Waals surface area contributed by atoms with Crippen molar-refractivity contribution < 1.29 is 23.0 Å². The Bertz CT molecular complexity index is 227. The summed E-state index contributed by atoms with van der Waals surface area (Å²) in [6, 6.07) is 0. The number of carbonyl (C=O) groups is 1. The van der Waals surface area contributed by atoms with Gasteiger partial charge in [0.05, 0.1) is 13.2 Å². The molecule has 0 rings (SSSR count). The number of rotatable bonds is 9. The second-order valence-electron chi connectivity index (χ2n) is 3.89. The Morgan fingerprint density at radius 1 is 1.41 bits per heavy atom. The summed E-state index contributed by atoms with van der Waals surface area (Å²) in [6.07, 6.45) is -1.71. The lowest BCUT2D eigenvalue weighted by atomic mass is 10.0. The first-order valence-electron chi connectivity index (χ1n) is 5.74. The molecule has 0 saturated heterocycles. The van der Waals surface area contributed by atoms with E-state index >= 15 is 0 Å². The third-order valence-corrected chi connectivity index (χ3v) is 2.13. The number of ether oxygens (including phenoxy) is 2. The van der Waals surface area contributed by atoms with Crippen molar-refractivity contribution in [2.75, 3.05) is 26.4 Å². The quantitative estimate of drug-likeness (QED) is 0.634. The first-order chi connectivity index (χ1) is 7.96. The van der Waals surface area contributed by atoms with Crippen molar-refractivity contribution in [1.29, 1.82) is 0 Å². The van der Waals surface area contributed by atoms with Crippen LogP contribution in [0.1, 0.15) is 27.2 Å². The number of hydrogen-bond donors (Lipinski definition) is 1. The van der Waals surface area contributed by atoms with Gasteiger partial charge in [0.15, 0.2) is 0 Å². The lowest BCUT2D eigenvalue weighted by Gasteiger charge is -2.28. The number of esters is 1. The Morgan fingerprint density at radius 3 is 2.53 bits per heavy atom. The molecule has 0 bridgehead atoms. The Hall–Kier alpha value is -0.750. The van der Waals surface area contributed by atoms with Crippen LogP contribution < -0.4 is 5.32 Å². The fourth-order valence-corrected chi connectivity index (χ4v) is 1.23. The predicted octanol–water partition coefficient (Wildman–Crippen LogP) is 1.59. The minimum atomic E-state index is -2.53. The summed E-state index contributed by atoms with van der Waals surface area (Å²) in [5.41, 5.74) is -1.07. The van der Waals surface area contributed by atoms with Crippen LogP contribution >= 0.6 is 0 Å². The van der Waals surface area contributed by atoms with Crippen LogP contribution in [-0.4, -0.2) is 44.3 Å². The Kier molecular flexibility index (Phi) is 7.99. The molecular weight excluding hydrogens is 232 g/mol. The summed E-state index contributed by atoms with van der Waals surface area (Å²) < 4.78 is 33.6. The molecule has 102 valence electrons. The zero-order chi connectivity index (χ0) is 13.3. The summed E-state index contributed by atoms with van der Waals surface area (Å²) in [5.74, 6) is -0.484. The monoisotopic (exact) mass is 253 g/mol. The van der Waals surface area contributed by atoms with Gasteiger partial charge in [0.25, 0.3) is 6.43 Å². The van der Waals surface area contributed by atoms with Gasteiger partial charge in [0, 0.05) is 0 Å². The molecule has 0 saturated carbocycles. The molecule has 0 aliphatic rings. The van der Waals surface area contributed by atoms with Gasteiger partial charge in [-0.2, -0.15) is 0 Å². The molecule has 17 heavy (non-hydrogen) atoms. The second kappa shape index (κ2) is 8.36. The standard InChI is InChI=1S/C11H21F2NO3/c1-4-6-14-11(3,10(15)17-5-2)8-16-7-9(12)13/h9,14H,4-8H2,1-3H3. The number of nitrogens with one attached hydrogen (secondary N) is 1. The topological polar surface area (TPSA) is 47.6 Å². The summed E-state index contributed by atoms with van der Waals surface area (Å²) in [4.78, 5) is 11.7. The van der Waals surface area contributed by atoms with E-state index in [1.165, 1.54) is 0 Å². The molecule has 6 heteroatoms. The van der Waals surface area contributed by atoms with E-state index in [0.717, 1.165) is 6.42 Å². The highest BCUT2D eigenvalue weighted by atomic mass is 19.3. The third kappa shape index (κ3) is 6.53. The molecular formula is C11H21F2NO3. The maximum Gasteiger partial charge on any atom is 0.328 e. The van der Waals surface area contributed by atoms with Crippen molar-refractivity contribution in [3.8, 4) is 0 Å². The molecule has 0 aliphatic carbocycles. The van der Waals surface area contributed by atoms with Gasteiger partial charge in [-0.25, -0.2) is 13.6 Å². The van der Waals surface area contributed by atoms with E-state index in [4.69, 9.17) is 9.47 Å². The van der Waals surface area contributed by atoms with Gasteiger partial charge in [-0.1, -0.05) is 6.92 Å². The maximum absolute atomic E-state index is 11.9. The summed E-state index contributed by atoms with van der Waals surface area (Å²) in [5, 5.41) is 2.96. The maximum atomic E-state index is 11.9. The molecule has 4 nitrogen and oxygen atoms in total. The zero-order valence-electron chi connectivity index (χ0n) is 10.6. The van der Waals surface area contributed by atoms with Gasteiger partial charge in [-0.3, -0.25) is 0 Å². The number of carbonyl (C=O) groups excluding carboxylic acids is 1. The van der Waals surface area contributed by atoms with Crippen molar-refractivity contribution in [2.45, 2.75) is 39.2 Å². The van der Waals surface area contributed by atoms with Gasteiger partial charge < -0.3 is 14.8 Å². The van der Waals surface area contributed by atoms with Crippen LogP contribution in [0.25, 0.3) is 0 Å². The molecule has 0 aromatic heterocycles. The van der Waals surface area contributed by atoms with Gasteiger partial charge >= 0.3 is 5.97 Å². The molecule has 0 aliphatic heterocycles. The van der Waals surface area contributed by atoms with E-state index in [2.05, 4.69) is 5.32 Å². The molecule has 0 spiro atoms. The lowest BCUT2D eigenvalue weighted by molar-refractivity contribution is -0.154. The molecule has 0 aromatic carbocycles. The van der Waals surface area contributed by atoms with Crippen molar-refractivity contribution in [3.63, 3.8) is 0 Å². The highest BCUT2D eigenvalue weighted by molar-refractivity contribution is 5.80. The summed E-state index contributed by atoms with van der Waals surface area (Å²) >= 11 is 0. The molecule has 1 unspecified atom stereocenters. The highest BCUT2D eigenvalue weighted by Gasteiger charge is 2.34. The highest BCUT2D eigenvalue weighted by Crippen LogP contribution is 2.09. The van der Waals surface area contributed by atoms with Crippen molar-refractivity contribution in [3.05, 3.63) is 0 Å². The van der Waals surface area contributed by atoms with Crippen LogP contribution in [-0.2, 0) is 14.3 Å².